The lowest BCUT2D eigenvalue weighted by atomic mass is 9.86. The average Bonchev–Trinajstić information content (AvgIpc) is 3.50. The fourth-order valence-electron chi connectivity index (χ4n) is 4.71. The molecule has 1 aromatic carbocycles. The van der Waals surface area contributed by atoms with Gasteiger partial charge < -0.3 is 14.6 Å². The summed E-state index contributed by atoms with van der Waals surface area (Å²) in [5.74, 6) is -1.39. The Hall–Kier alpha value is -3.69. The number of nitrogens with zero attached hydrogens (tertiary/aromatic N) is 4. The van der Waals surface area contributed by atoms with Gasteiger partial charge in [-0.1, -0.05) is 24.3 Å². The maximum atomic E-state index is 12.9. The van der Waals surface area contributed by atoms with Crippen LogP contribution >= 0.6 is 0 Å². The Morgan fingerprint density at radius 2 is 1.86 bits per heavy atom. The molecule has 1 amide bonds. The summed E-state index contributed by atoms with van der Waals surface area (Å²) in [5, 5.41) is 7.12. The number of fused-ring (bicyclic) bond motifs is 1. The van der Waals surface area contributed by atoms with E-state index in [0.717, 1.165) is 55.1 Å². The van der Waals surface area contributed by atoms with Crippen molar-refractivity contribution in [3.8, 4) is 11.3 Å². The van der Waals surface area contributed by atoms with Crippen LogP contribution in [0.25, 0.3) is 11.3 Å². The fourth-order valence-corrected chi connectivity index (χ4v) is 4.71. The van der Waals surface area contributed by atoms with Gasteiger partial charge in [0.25, 0.3) is 0 Å². The third kappa shape index (κ3) is 5.36. The van der Waals surface area contributed by atoms with Crippen molar-refractivity contribution in [3.05, 3.63) is 71.9 Å². The molecule has 2 aromatic heterocycles. The molecule has 10 heteroatoms. The number of alkyl halides is 3. The molecule has 1 fully saturated rings. The minimum Gasteiger partial charge on any atom is -0.475 e. The zero-order chi connectivity index (χ0) is 25.2. The van der Waals surface area contributed by atoms with Gasteiger partial charge >= 0.3 is 12.1 Å². The second kappa shape index (κ2) is 9.52. The number of halogens is 3. The molecule has 0 radical (unpaired) electrons. The van der Waals surface area contributed by atoms with Crippen LogP contribution in [0.2, 0.25) is 0 Å². The monoisotopic (exact) mass is 486 g/mol. The largest absolute Gasteiger partial charge is 0.490 e. The van der Waals surface area contributed by atoms with Crippen LogP contribution in [0.5, 0.6) is 0 Å². The van der Waals surface area contributed by atoms with Gasteiger partial charge in [-0.25, -0.2) is 9.78 Å². The molecule has 0 bridgehead atoms. The topological polar surface area (TPSA) is 88.3 Å². The molecule has 7 nitrogen and oxygen atoms in total. The molecule has 4 heterocycles. The fraction of sp³-hybridized carbons (Fsp3) is 0.360. The minimum absolute atomic E-state index is 0.127. The SMILES string of the molecule is Cc1ccccc1CC(=O)N1CCC2(Cc3ncc(-c4cccnc4)n3C2)C1.O=C(O)C(F)(F)F. The highest BCUT2D eigenvalue weighted by molar-refractivity contribution is 5.79. The Morgan fingerprint density at radius 3 is 2.51 bits per heavy atom. The second-order valence-electron chi connectivity index (χ2n) is 9.04. The molecule has 2 aliphatic heterocycles. The predicted molar refractivity (Wildman–Crippen MR) is 121 cm³/mol. The first-order valence-corrected chi connectivity index (χ1v) is 11.2. The van der Waals surface area contributed by atoms with Gasteiger partial charge in [0, 0.05) is 49.4 Å². The Labute approximate surface area is 200 Å². The zero-order valence-corrected chi connectivity index (χ0v) is 19.1. The number of aromatic nitrogens is 3. The van der Waals surface area contributed by atoms with E-state index in [9.17, 15) is 18.0 Å². The van der Waals surface area contributed by atoms with Crippen LogP contribution in [0.15, 0.2) is 55.0 Å². The summed E-state index contributed by atoms with van der Waals surface area (Å²) in [5.41, 5.74) is 4.68. The van der Waals surface area contributed by atoms with Crippen molar-refractivity contribution in [2.24, 2.45) is 5.41 Å². The van der Waals surface area contributed by atoms with Crippen LogP contribution in [0.3, 0.4) is 0 Å². The van der Waals surface area contributed by atoms with Gasteiger partial charge in [-0.2, -0.15) is 13.2 Å². The van der Waals surface area contributed by atoms with Crippen LogP contribution in [0.4, 0.5) is 13.2 Å². The van der Waals surface area contributed by atoms with Crippen molar-refractivity contribution >= 4 is 11.9 Å². The number of aryl methyl sites for hydroxylation is 1. The van der Waals surface area contributed by atoms with Gasteiger partial charge in [0.2, 0.25) is 5.91 Å². The normalized spacial score (nSPS) is 18.8. The molecule has 0 aliphatic carbocycles. The summed E-state index contributed by atoms with van der Waals surface area (Å²) in [6, 6.07) is 12.2. The number of hydrogen-bond acceptors (Lipinski definition) is 4. The van der Waals surface area contributed by atoms with Crippen LogP contribution < -0.4 is 0 Å². The van der Waals surface area contributed by atoms with E-state index in [1.165, 1.54) is 5.56 Å². The van der Waals surface area contributed by atoms with Crippen molar-refractivity contribution < 1.29 is 27.9 Å². The molecule has 1 unspecified atom stereocenters. The van der Waals surface area contributed by atoms with E-state index in [1.54, 1.807) is 6.20 Å². The number of carboxylic acids is 1. The summed E-state index contributed by atoms with van der Waals surface area (Å²) in [6.07, 6.45) is 3.04. The lowest BCUT2D eigenvalue weighted by Gasteiger charge is -2.24. The highest BCUT2D eigenvalue weighted by Crippen LogP contribution is 2.42. The Kier molecular flexibility index (Phi) is 6.64. The van der Waals surface area contributed by atoms with E-state index < -0.39 is 12.1 Å². The summed E-state index contributed by atoms with van der Waals surface area (Å²) < 4.78 is 34.1. The van der Waals surface area contributed by atoms with Gasteiger partial charge in [0.1, 0.15) is 5.82 Å². The predicted octanol–water partition coefficient (Wildman–Crippen LogP) is 3.90. The van der Waals surface area contributed by atoms with Gasteiger partial charge in [-0.3, -0.25) is 9.78 Å². The minimum atomic E-state index is -5.08. The molecular formula is C25H25F3N4O3. The molecule has 3 aromatic rings. The highest BCUT2D eigenvalue weighted by atomic mass is 19.4. The third-order valence-corrected chi connectivity index (χ3v) is 6.56. The van der Waals surface area contributed by atoms with Gasteiger partial charge in [0.15, 0.2) is 0 Å². The molecule has 1 spiro atoms. The van der Waals surface area contributed by atoms with E-state index in [-0.39, 0.29) is 11.3 Å². The van der Waals surface area contributed by atoms with E-state index in [1.807, 2.05) is 30.6 Å². The summed E-state index contributed by atoms with van der Waals surface area (Å²) in [7, 11) is 0. The highest BCUT2D eigenvalue weighted by Gasteiger charge is 2.45. The van der Waals surface area contributed by atoms with Gasteiger partial charge in [0.05, 0.1) is 18.3 Å². The van der Waals surface area contributed by atoms with Crippen LogP contribution in [-0.4, -0.2) is 55.7 Å². The lowest BCUT2D eigenvalue weighted by molar-refractivity contribution is -0.192. The van der Waals surface area contributed by atoms with Crippen LogP contribution in [-0.2, 0) is 29.0 Å². The number of benzene rings is 1. The number of amides is 1. The van der Waals surface area contributed by atoms with Gasteiger partial charge in [-0.05, 0) is 36.6 Å². The summed E-state index contributed by atoms with van der Waals surface area (Å²) >= 11 is 0. The third-order valence-electron chi connectivity index (χ3n) is 6.56. The lowest BCUT2D eigenvalue weighted by Crippen LogP contribution is -2.34. The molecule has 1 saturated heterocycles. The number of likely N-dealkylation sites (tertiary alicyclic amines) is 1. The van der Waals surface area contributed by atoms with Gasteiger partial charge in [-0.15, -0.1) is 0 Å². The zero-order valence-electron chi connectivity index (χ0n) is 19.1. The summed E-state index contributed by atoms with van der Waals surface area (Å²) in [4.78, 5) is 32.8. The van der Waals surface area contributed by atoms with Crippen molar-refractivity contribution in [2.45, 2.75) is 38.9 Å². The standard InChI is InChI=1S/C23H24N4O.C2HF3O2/c1-17-5-2-3-6-18(17)11-22(28)26-10-8-23(15-26)12-21-25-14-20(27(21)16-23)19-7-4-9-24-13-19;3-2(4,5)1(6)7/h2-7,9,13-14H,8,10-12,15-16H2,1H3;(H,6,7). The number of hydrogen-bond donors (Lipinski definition) is 1. The quantitative estimate of drug-likeness (QED) is 0.607. The first kappa shape index (κ1) is 24.4. The van der Waals surface area contributed by atoms with E-state index in [4.69, 9.17) is 9.90 Å². The number of rotatable bonds is 3. The Balaban J connectivity index is 0.000000364. The number of carboxylic acid groups (broad SMARTS) is 1. The van der Waals surface area contributed by atoms with Crippen molar-refractivity contribution in [2.75, 3.05) is 13.1 Å². The first-order valence-electron chi connectivity index (χ1n) is 11.2. The molecule has 0 saturated carbocycles. The average molecular weight is 486 g/mol. The molecule has 1 N–H and O–H groups in total. The smallest absolute Gasteiger partial charge is 0.475 e. The van der Waals surface area contributed by atoms with E-state index >= 15 is 0 Å². The molecule has 184 valence electrons. The Morgan fingerprint density at radius 1 is 1.11 bits per heavy atom. The summed E-state index contributed by atoms with van der Waals surface area (Å²) in [6.45, 7) is 4.68. The maximum Gasteiger partial charge on any atom is 0.490 e. The maximum absolute atomic E-state index is 12.9. The number of carbonyl (C=O) groups excluding carboxylic acids is 1. The van der Waals surface area contributed by atoms with Crippen molar-refractivity contribution in [1.29, 1.82) is 0 Å². The molecular weight excluding hydrogens is 461 g/mol. The van der Waals surface area contributed by atoms with E-state index in [2.05, 4.69) is 44.6 Å². The van der Waals surface area contributed by atoms with E-state index in [0.29, 0.717) is 6.42 Å². The number of pyridine rings is 1. The number of aliphatic carboxylic acids is 1. The molecule has 2 aliphatic rings. The molecule has 1 atom stereocenters. The second-order valence-corrected chi connectivity index (χ2v) is 9.04. The number of carbonyl (C=O) groups is 2. The van der Waals surface area contributed by atoms with Crippen molar-refractivity contribution in [1.82, 2.24) is 19.4 Å². The molecule has 5 rings (SSSR count). The molecule has 35 heavy (non-hydrogen) atoms. The van der Waals surface area contributed by atoms with Crippen LogP contribution in [0.1, 0.15) is 23.4 Å². The van der Waals surface area contributed by atoms with Crippen molar-refractivity contribution in [3.63, 3.8) is 0 Å². The first-order chi connectivity index (χ1) is 16.6. The Bertz CT molecular complexity index is 1230. The number of imidazole rings is 1. The van der Waals surface area contributed by atoms with Crippen LogP contribution in [0, 0.1) is 12.3 Å².